The molecule has 0 saturated carbocycles. The van der Waals surface area contributed by atoms with Crippen molar-refractivity contribution in [3.8, 4) is 11.5 Å². The van der Waals surface area contributed by atoms with Gasteiger partial charge in [-0.1, -0.05) is 0 Å². The van der Waals surface area contributed by atoms with Crippen molar-refractivity contribution in [1.82, 2.24) is 0 Å². The quantitative estimate of drug-likeness (QED) is 0.268. The number of non-ortho nitro benzene ring substituents is 1. The summed E-state index contributed by atoms with van der Waals surface area (Å²) >= 11 is 0. The molecule has 0 N–H and O–H groups in total. The highest BCUT2D eigenvalue weighted by Crippen LogP contribution is 2.24. The van der Waals surface area contributed by atoms with E-state index in [1.54, 1.807) is 18.2 Å². The number of hydrogen-bond donors (Lipinski definition) is 0. The second-order valence-corrected chi connectivity index (χ2v) is 5.35. The first-order valence-electron chi connectivity index (χ1n) is 7.79. The highest BCUT2D eigenvalue weighted by Gasteiger charge is 2.14. The fraction of sp³-hybridized carbons (Fsp3) is 0.0526. The SMILES string of the molecule is O=C(COC(=O)c1ccco1)c1ccc(Oc2ccc([N+](=O)[O-])cc2)cc1. The zero-order valence-electron chi connectivity index (χ0n) is 13.9. The number of furan rings is 1. The van der Waals surface area contributed by atoms with E-state index in [1.807, 2.05) is 0 Å². The Bertz CT molecular complexity index is 945. The third-order valence-electron chi connectivity index (χ3n) is 3.52. The maximum Gasteiger partial charge on any atom is 0.374 e. The molecule has 0 aliphatic carbocycles. The van der Waals surface area contributed by atoms with Gasteiger partial charge in [-0.05, 0) is 48.5 Å². The van der Waals surface area contributed by atoms with Gasteiger partial charge in [0.25, 0.3) is 5.69 Å². The Hall–Kier alpha value is -3.94. The van der Waals surface area contributed by atoms with Gasteiger partial charge in [0.1, 0.15) is 11.5 Å². The molecule has 0 aliphatic heterocycles. The topological polar surface area (TPSA) is 109 Å². The van der Waals surface area contributed by atoms with Crippen molar-refractivity contribution in [3.05, 3.63) is 88.4 Å². The summed E-state index contributed by atoms with van der Waals surface area (Å²) in [7, 11) is 0. The Balaban J connectivity index is 1.57. The molecule has 0 saturated heterocycles. The van der Waals surface area contributed by atoms with Crippen molar-refractivity contribution in [2.75, 3.05) is 6.61 Å². The van der Waals surface area contributed by atoms with Gasteiger partial charge >= 0.3 is 5.97 Å². The van der Waals surface area contributed by atoms with Gasteiger partial charge in [0.2, 0.25) is 5.76 Å². The summed E-state index contributed by atoms with van der Waals surface area (Å²) in [6.07, 6.45) is 1.34. The minimum Gasteiger partial charge on any atom is -0.457 e. The molecular weight excluding hydrogens is 354 g/mol. The molecule has 3 aromatic rings. The van der Waals surface area contributed by atoms with Gasteiger partial charge in [0.05, 0.1) is 11.2 Å². The first kappa shape index (κ1) is 17.9. The van der Waals surface area contributed by atoms with Crippen LogP contribution in [0.15, 0.2) is 71.3 Å². The van der Waals surface area contributed by atoms with E-state index in [2.05, 4.69) is 0 Å². The van der Waals surface area contributed by atoms with Crippen LogP contribution in [0.4, 0.5) is 5.69 Å². The molecule has 1 heterocycles. The van der Waals surface area contributed by atoms with E-state index in [9.17, 15) is 19.7 Å². The van der Waals surface area contributed by atoms with Crippen molar-refractivity contribution in [2.24, 2.45) is 0 Å². The zero-order valence-corrected chi connectivity index (χ0v) is 13.9. The largest absolute Gasteiger partial charge is 0.457 e. The number of carbonyl (C=O) groups excluding carboxylic acids is 2. The standard InChI is InChI=1S/C19H13NO7/c21-17(12-26-19(22)18-2-1-11-25-18)13-3-7-15(8-4-13)27-16-9-5-14(6-10-16)20(23)24/h1-11H,12H2. The van der Waals surface area contributed by atoms with E-state index in [4.69, 9.17) is 13.9 Å². The number of hydrogen-bond acceptors (Lipinski definition) is 7. The van der Waals surface area contributed by atoms with E-state index in [-0.39, 0.29) is 17.2 Å². The first-order valence-corrected chi connectivity index (χ1v) is 7.79. The maximum absolute atomic E-state index is 12.1. The van der Waals surface area contributed by atoms with Crippen LogP contribution in [-0.2, 0) is 4.74 Å². The number of benzene rings is 2. The van der Waals surface area contributed by atoms with Crippen molar-refractivity contribution in [3.63, 3.8) is 0 Å². The summed E-state index contributed by atoms with van der Waals surface area (Å²) in [6.45, 7) is -0.415. The smallest absolute Gasteiger partial charge is 0.374 e. The van der Waals surface area contributed by atoms with Gasteiger partial charge in [0, 0.05) is 17.7 Å². The number of nitrogens with zero attached hydrogens (tertiary/aromatic N) is 1. The average Bonchev–Trinajstić information content (AvgIpc) is 3.22. The van der Waals surface area contributed by atoms with Gasteiger partial charge in [-0.2, -0.15) is 0 Å². The summed E-state index contributed by atoms with van der Waals surface area (Å²) in [5, 5.41) is 10.6. The van der Waals surface area contributed by atoms with E-state index in [1.165, 1.54) is 48.7 Å². The van der Waals surface area contributed by atoms with E-state index in [0.29, 0.717) is 17.1 Å². The van der Waals surface area contributed by atoms with Gasteiger partial charge in [0.15, 0.2) is 12.4 Å². The van der Waals surface area contributed by atoms with Crippen molar-refractivity contribution < 1.29 is 28.4 Å². The van der Waals surface area contributed by atoms with Crippen LogP contribution in [0, 0.1) is 10.1 Å². The van der Waals surface area contributed by atoms with E-state index < -0.39 is 17.5 Å². The molecule has 0 bridgehead atoms. The van der Waals surface area contributed by atoms with Crippen LogP contribution in [0.2, 0.25) is 0 Å². The number of rotatable bonds is 7. The fourth-order valence-electron chi connectivity index (χ4n) is 2.16. The minimum absolute atomic E-state index is 0.0228. The third kappa shape index (κ3) is 4.57. The highest BCUT2D eigenvalue weighted by atomic mass is 16.6. The molecule has 0 unspecified atom stereocenters. The molecule has 3 rings (SSSR count). The van der Waals surface area contributed by atoms with Crippen LogP contribution in [0.5, 0.6) is 11.5 Å². The molecule has 0 atom stereocenters. The van der Waals surface area contributed by atoms with Crippen LogP contribution in [-0.4, -0.2) is 23.3 Å². The number of esters is 1. The van der Waals surface area contributed by atoms with Gasteiger partial charge in [-0.3, -0.25) is 14.9 Å². The van der Waals surface area contributed by atoms with E-state index in [0.717, 1.165) is 0 Å². The summed E-state index contributed by atoms with van der Waals surface area (Å²) in [5.74, 6) is -0.196. The number of carbonyl (C=O) groups is 2. The lowest BCUT2D eigenvalue weighted by Gasteiger charge is -2.07. The molecule has 8 heteroatoms. The molecule has 0 spiro atoms. The Morgan fingerprint density at radius 2 is 1.59 bits per heavy atom. The average molecular weight is 367 g/mol. The van der Waals surface area contributed by atoms with Crippen LogP contribution >= 0.6 is 0 Å². The highest BCUT2D eigenvalue weighted by molar-refractivity contribution is 5.99. The second kappa shape index (κ2) is 7.96. The summed E-state index contributed by atoms with van der Waals surface area (Å²) in [6, 6.07) is 14.8. The maximum atomic E-state index is 12.1. The third-order valence-corrected chi connectivity index (χ3v) is 3.52. The fourth-order valence-corrected chi connectivity index (χ4v) is 2.16. The predicted octanol–water partition coefficient (Wildman–Crippen LogP) is 4.02. The van der Waals surface area contributed by atoms with Crippen LogP contribution in [0.3, 0.4) is 0 Å². The van der Waals surface area contributed by atoms with Crippen LogP contribution in [0.25, 0.3) is 0 Å². The zero-order chi connectivity index (χ0) is 19.2. The molecule has 2 aromatic carbocycles. The lowest BCUT2D eigenvalue weighted by atomic mass is 10.1. The first-order chi connectivity index (χ1) is 13.0. The molecule has 136 valence electrons. The molecule has 27 heavy (non-hydrogen) atoms. The molecule has 0 fully saturated rings. The summed E-state index contributed by atoms with van der Waals surface area (Å²) in [5.41, 5.74) is 0.311. The molecule has 0 radical (unpaired) electrons. The van der Waals surface area contributed by atoms with Crippen LogP contribution < -0.4 is 4.74 Å². The molecular formula is C19H13NO7. The Labute approximate surface area is 153 Å². The lowest BCUT2D eigenvalue weighted by Crippen LogP contribution is -2.13. The van der Waals surface area contributed by atoms with Crippen LogP contribution in [0.1, 0.15) is 20.9 Å². The lowest BCUT2D eigenvalue weighted by molar-refractivity contribution is -0.384. The molecule has 0 amide bonds. The Morgan fingerprint density at radius 3 is 2.15 bits per heavy atom. The predicted molar refractivity (Wildman–Crippen MR) is 92.9 cm³/mol. The molecule has 0 aliphatic rings. The molecule has 1 aromatic heterocycles. The number of ketones is 1. The van der Waals surface area contributed by atoms with Gasteiger partial charge in [-0.15, -0.1) is 0 Å². The minimum atomic E-state index is -0.716. The monoisotopic (exact) mass is 367 g/mol. The summed E-state index contributed by atoms with van der Waals surface area (Å²) < 4.78 is 15.3. The summed E-state index contributed by atoms with van der Waals surface area (Å²) in [4.78, 5) is 33.8. The van der Waals surface area contributed by atoms with Gasteiger partial charge < -0.3 is 13.9 Å². The van der Waals surface area contributed by atoms with Crippen molar-refractivity contribution in [2.45, 2.75) is 0 Å². The van der Waals surface area contributed by atoms with Crippen molar-refractivity contribution in [1.29, 1.82) is 0 Å². The van der Waals surface area contributed by atoms with Gasteiger partial charge in [-0.25, -0.2) is 4.79 Å². The molecule has 8 nitrogen and oxygen atoms in total. The van der Waals surface area contributed by atoms with Crippen molar-refractivity contribution >= 4 is 17.4 Å². The van der Waals surface area contributed by atoms with E-state index >= 15 is 0 Å². The Morgan fingerprint density at radius 1 is 0.963 bits per heavy atom. The number of nitro benzene ring substituents is 1. The number of nitro groups is 1. The normalized spacial score (nSPS) is 10.2. The number of ether oxygens (including phenoxy) is 2. The number of Topliss-reactive ketones (excluding diaryl/α,β-unsaturated/α-hetero) is 1. The second-order valence-electron chi connectivity index (χ2n) is 5.35. The Kier molecular flexibility index (Phi) is 5.27.